The molecule has 0 radical (unpaired) electrons. The summed E-state index contributed by atoms with van der Waals surface area (Å²) < 4.78 is 71.9. The minimum absolute atomic E-state index is 0. The lowest BCUT2D eigenvalue weighted by Gasteiger charge is -2.27. The van der Waals surface area contributed by atoms with E-state index >= 15 is 0 Å². The number of anilines is 1. The van der Waals surface area contributed by atoms with E-state index in [0.29, 0.717) is 26.6 Å². The lowest BCUT2D eigenvalue weighted by atomic mass is 10.0. The molecule has 4 N–H and O–H groups in total. The highest BCUT2D eigenvalue weighted by Gasteiger charge is 2.50. The van der Waals surface area contributed by atoms with Crippen molar-refractivity contribution in [3.63, 3.8) is 0 Å². The van der Waals surface area contributed by atoms with E-state index in [-0.39, 0.29) is 42.4 Å². The van der Waals surface area contributed by atoms with Crippen molar-refractivity contribution >= 4 is 57.1 Å². The monoisotopic (exact) mass is 578 g/mol. The molecule has 0 bridgehead atoms. The Hall–Kier alpha value is -2.73. The Morgan fingerprint density at radius 2 is 1.62 bits per heavy atom. The lowest BCUT2D eigenvalue weighted by Crippen LogP contribution is -2.40. The number of alkyl halides is 3. The van der Waals surface area contributed by atoms with Crippen LogP contribution < -0.4 is 20.1 Å². The van der Waals surface area contributed by atoms with Crippen LogP contribution in [0.25, 0.3) is 10.8 Å². The van der Waals surface area contributed by atoms with Gasteiger partial charge in [-0.05, 0) is 78.7 Å². The number of sulfonamides is 1. The number of piperidine rings is 1. The molecular formula is C24H27Cl2F3N4O3S. The van der Waals surface area contributed by atoms with Gasteiger partial charge in [-0.25, -0.2) is 0 Å². The fourth-order valence-electron chi connectivity index (χ4n) is 3.96. The Labute approximate surface area is 225 Å². The predicted octanol–water partition coefficient (Wildman–Crippen LogP) is 4.95. The van der Waals surface area contributed by atoms with Gasteiger partial charge in [-0.2, -0.15) is 21.6 Å². The van der Waals surface area contributed by atoms with Crippen LogP contribution in [-0.4, -0.2) is 39.0 Å². The van der Waals surface area contributed by atoms with Crippen LogP contribution in [0.3, 0.4) is 0 Å². The summed E-state index contributed by atoms with van der Waals surface area (Å²) in [5.41, 5.74) is 0.735. The molecule has 37 heavy (non-hydrogen) atoms. The first-order chi connectivity index (χ1) is 16.5. The summed E-state index contributed by atoms with van der Waals surface area (Å²) in [4.78, 5) is 0. The van der Waals surface area contributed by atoms with Gasteiger partial charge < -0.3 is 15.8 Å². The number of nitrogens with one attached hydrogen (secondary N) is 2. The van der Waals surface area contributed by atoms with Crippen molar-refractivity contribution in [2.45, 2.75) is 31.0 Å². The van der Waals surface area contributed by atoms with Crippen molar-refractivity contribution in [1.82, 2.24) is 5.32 Å². The summed E-state index contributed by atoms with van der Waals surface area (Å²) in [5, 5.41) is 12.2. The van der Waals surface area contributed by atoms with Crippen molar-refractivity contribution in [1.29, 1.82) is 5.41 Å². The molecule has 0 spiro atoms. The van der Waals surface area contributed by atoms with E-state index in [2.05, 4.69) is 5.32 Å². The smallest absolute Gasteiger partial charge is 0.490 e. The van der Waals surface area contributed by atoms with Crippen molar-refractivity contribution in [2.75, 3.05) is 17.4 Å². The summed E-state index contributed by atoms with van der Waals surface area (Å²) in [6, 6.07) is 15.5. The number of nitrogens with zero attached hydrogens (tertiary/aromatic N) is 1. The third kappa shape index (κ3) is 6.98. The van der Waals surface area contributed by atoms with Gasteiger partial charge in [0.15, 0.2) is 0 Å². The number of fused-ring (bicyclic) bond motifs is 1. The van der Waals surface area contributed by atoms with E-state index in [4.69, 9.17) is 15.9 Å². The maximum Gasteiger partial charge on any atom is 0.516 e. The molecule has 3 aromatic carbocycles. The molecule has 1 aliphatic heterocycles. The van der Waals surface area contributed by atoms with Crippen LogP contribution in [0.1, 0.15) is 24.0 Å². The molecule has 0 amide bonds. The number of nitrogen functional groups attached to an aromatic ring is 1. The zero-order chi connectivity index (χ0) is 25.2. The summed E-state index contributed by atoms with van der Waals surface area (Å²) >= 11 is 0. The van der Waals surface area contributed by atoms with E-state index in [1.54, 1.807) is 36.4 Å². The van der Waals surface area contributed by atoms with Gasteiger partial charge in [0.05, 0.1) is 12.2 Å². The van der Waals surface area contributed by atoms with Gasteiger partial charge in [-0.1, -0.05) is 24.3 Å². The largest absolute Gasteiger partial charge is 0.516 e. The van der Waals surface area contributed by atoms with Crippen LogP contribution in [0.2, 0.25) is 0 Å². The fraction of sp³-hybridized carbons (Fsp3) is 0.292. The molecule has 4 rings (SSSR count). The standard InChI is InChI=1S/C24H25F3N4O3S.2ClH/c25-24(26,27)35(32,33)31(20-5-7-21(8-6-20)34-22-9-11-30-12-10-22)15-16-1-2-17-3-4-18(23(28)29)14-19(17)13-16;;/h1-8,13-14,22,30H,9-12,15H2,(H3,28,29);2*1H. The van der Waals surface area contributed by atoms with Gasteiger partial charge in [0.25, 0.3) is 0 Å². The fourth-order valence-corrected chi connectivity index (χ4v) is 4.93. The molecule has 0 aromatic heterocycles. The highest BCUT2D eigenvalue weighted by atomic mass is 35.5. The lowest BCUT2D eigenvalue weighted by molar-refractivity contribution is -0.0438. The topological polar surface area (TPSA) is 109 Å². The van der Waals surface area contributed by atoms with Crippen LogP contribution >= 0.6 is 24.8 Å². The normalized spacial score (nSPS) is 14.4. The molecule has 1 heterocycles. The first kappa shape index (κ1) is 30.5. The summed E-state index contributed by atoms with van der Waals surface area (Å²) in [6.07, 6.45) is 1.61. The number of ether oxygens (including phenoxy) is 1. The Kier molecular flexibility index (Phi) is 10.1. The number of nitrogens with two attached hydrogens (primary N) is 1. The van der Waals surface area contributed by atoms with Crippen molar-refractivity contribution in [2.24, 2.45) is 5.73 Å². The minimum atomic E-state index is -5.67. The van der Waals surface area contributed by atoms with Gasteiger partial charge in [-0.15, -0.1) is 24.8 Å². The number of hydrogen-bond acceptors (Lipinski definition) is 5. The first-order valence-electron chi connectivity index (χ1n) is 11.0. The van der Waals surface area contributed by atoms with E-state index < -0.39 is 22.1 Å². The Morgan fingerprint density at radius 1 is 1.00 bits per heavy atom. The highest BCUT2D eigenvalue weighted by Crippen LogP contribution is 2.34. The van der Waals surface area contributed by atoms with Crippen LogP contribution in [0.4, 0.5) is 18.9 Å². The van der Waals surface area contributed by atoms with Crippen molar-refractivity contribution in [3.05, 3.63) is 71.8 Å². The number of rotatable bonds is 7. The molecule has 1 fully saturated rings. The van der Waals surface area contributed by atoms with Gasteiger partial charge in [0.2, 0.25) is 0 Å². The molecule has 7 nitrogen and oxygen atoms in total. The molecule has 0 aliphatic carbocycles. The second-order valence-electron chi connectivity index (χ2n) is 8.33. The third-order valence-corrected chi connectivity index (χ3v) is 7.34. The Balaban J connectivity index is 0.00000241. The zero-order valence-corrected chi connectivity index (χ0v) is 21.9. The van der Waals surface area contributed by atoms with E-state index in [9.17, 15) is 21.6 Å². The zero-order valence-electron chi connectivity index (χ0n) is 19.5. The van der Waals surface area contributed by atoms with Gasteiger partial charge in [0, 0.05) is 5.56 Å². The van der Waals surface area contributed by atoms with E-state index in [1.807, 2.05) is 0 Å². The predicted molar refractivity (Wildman–Crippen MR) is 144 cm³/mol. The maximum absolute atomic E-state index is 13.6. The highest BCUT2D eigenvalue weighted by molar-refractivity contribution is 7.93. The molecular weight excluding hydrogens is 552 g/mol. The molecule has 3 aromatic rings. The molecule has 1 saturated heterocycles. The SMILES string of the molecule is Cl.Cl.N=C(N)c1ccc2ccc(CN(c3ccc(OC4CCNCC4)cc3)S(=O)(=O)C(F)(F)F)cc2c1. The van der Waals surface area contributed by atoms with Crippen LogP contribution in [0.5, 0.6) is 5.75 Å². The van der Waals surface area contributed by atoms with E-state index in [1.165, 1.54) is 24.3 Å². The third-order valence-electron chi connectivity index (χ3n) is 5.84. The summed E-state index contributed by atoms with van der Waals surface area (Å²) in [7, 11) is -5.67. The Bertz CT molecular complexity index is 1330. The number of halogens is 5. The van der Waals surface area contributed by atoms with Crippen LogP contribution in [0, 0.1) is 5.41 Å². The summed E-state index contributed by atoms with van der Waals surface area (Å²) in [5.74, 6) is 0.317. The maximum atomic E-state index is 13.6. The van der Waals surface area contributed by atoms with Crippen molar-refractivity contribution in [3.8, 4) is 5.75 Å². The summed E-state index contributed by atoms with van der Waals surface area (Å²) in [6.45, 7) is 1.11. The second kappa shape index (κ2) is 12.2. The minimum Gasteiger partial charge on any atom is -0.490 e. The molecule has 0 atom stereocenters. The Morgan fingerprint density at radius 3 is 2.22 bits per heavy atom. The van der Waals surface area contributed by atoms with Gasteiger partial charge in [-0.3, -0.25) is 9.71 Å². The average Bonchev–Trinajstić information content (AvgIpc) is 2.82. The molecule has 1 aliphatic rings. The van der Waals surface area contributed by atoms with Crippen molar-refractivity contribution < 1.29 is 26.3 Å². The van der Waals surface area contributed by atoms with Crippen LogP contribution in [0.15, 0.2) is 60.7 Å². The number of hydrogen-bond donors (Lipinski definition) is 3. The molecule has 13 heteroatoms. The number of amidine groups is 1. The van der Waals surface area contributed by atoms with Gasteiger partial charge in [0.1, 0.15) is 17.7 Å². The second-order valence-corrected chi connectivity index (χ2v) is 10.2. The van der Waals surface area contributed by atoms with Crippen LogP contribution in [-0.2, 0) is 16.6 Å². The quantitative estimate of drug-likeness (QED) is 0.271. The molecule has 0 saturated carbocycles. The van der Waals surface area contributed by atoms with E-state index in [0.717, 1.165) is 31.3 Å². The molecule has 202 valence electrons. The first-order valence-corrected chi connectivity index (χ1v) is 12.4. The number of benzene rings is 3. The van der Waals surface area contributed by atoms with Gasteiger partial charge >= 0.3 is 15.5 Å². The average molecular weight is 579 g/mol. The molecule has 0 unspecified atom stereocenters.